The molecule has 0 saturated heterocycles. The molecule has 1 aliphatic rings. The van der Waals surface area contributed by atoms with Crippen LogP contribution in [0.4, 0.5) is 0 Å². The lowest BCUT2D eigenvalue weighted by Gasteiger charge is -2.15. The summed E-state index contributed by atoms with van der Waals surface area (Å²) in [6.07, 6.45) is 3.97. The van der Waals surface area contributed by atoms with Crippen molar-refractivity contribution in [1.82, 2.24) is 0 Å². The number of benzene rings is 1. The molecule has 2 N–H and O–H groups in total. The highest BCUT2D eigenvalue weighted by Gasteiger charge is 2.30. The number of rotatable bonds is 4. The van der Waals surface area contributed by atoms with E-state index in [1.165, 1.54) is 36.0 Å². The molecule has 1 aromatic carbocycles. The molecule has 0 amide bonds. The molecule has 82 valence electrons. The standard InChI is InChI=1S/C14H21N/c1-10-3-4-13(11(2)7-10)8-14(9-15)12-5-6-12/h3-4,7,12,14H,5-6,8-9,15H2,1-2H3. The first-order valence-electron chi connectivity index (χ1n) is 5.97. The van der Waals surface area contributed by atoms with Crippen LogP contribution in [0.25, 0.3) is 0 Å². The van der Waals surface area contributed by atoms with Gasteiger partial charge in [-0.15, -0.1) is 0 Å². The molecule has 1 unspecified atom stereocenters. The van der Waals surface area contributed by atoms with Gasteiger partial charge in [0.2, 0.25) is 0 Å². The van der Waals surface area contributed by atoms with E-state index in [2.05, 4.69) is 32.0 Å². The summed E-state index contributed by atoms with van der Waals surface area (Å²) in [5, 5.41) is 0. The number of hydrogen-bond acceptors (Lipinski definition) is 1. The molecular formula is C14H21N. The summed E-state index contributed by atoms with van der Waals surface area (Å²) in [6.45, 7) is 5.21. The molecule has 0 radical (unpaired) electrons. The van der Waals surface area contributed by atoms with Gasteiger partial charge in [0.15, 0.2) is 0 Å². The molecule has 0 heterocycles. The summed E-state index contributed by atoms with van der Waals surface area (Å²) < 4.78 is 0. The maximum atomic E-state index is 5.84. The third-order valence-electron chi connectivity index (χ3n) is 3.57. The summed E-state index contributed by atoms with van der Waals surface area (Å²) in [7, 11) is 0. The maximum Gasteiger partial charge on any atom is -0.00430 e. The third-order valence-corrected chi connectivity index (χ3v) is 3.57. The SMILES string of the molecule is Cc1ccc(CC(CN)C2CC2)c(C)c1. The van der Waals surface area contributed by atoms with Gasteiger partial charge in [0, 0.05) is 0 Å². The predicted molar refractivity (Wildman–Crippen MR) is 64.9 cm³/mol. The number of aryl methyl sites for hydroxylation is 2. The van der Waals surface area contributed by atoms with Crippen LogP contribution < -0.4 is 5.73 Å². The zero-order chi connectivity index (χ0) is 10.8. The van der Waals surface area contributed by atoms with Gasteiger partial charge < -0.3 is 5.73 Å². The Hall–Kier alpha value is -0.820. The van der Waals surface area contributed by atoms with E-state index in [0.29, 0.717) is 5.92 Å². The molecule has 1 aromatic rings. The highest BCUT2D eigenvalue weighted by Crippen LogP contribution is 2.38. The molecule has 0 aromatic heterocycles. The number of hydrogen-bond donors (Lipinski definition) is 1. The van der Waals surface area contributed by atoms with Gasteiger partial charge in [-0.1, -0.05) is 23.8 Å². The lowest BCUT2D eigenvalue weighted by Crippen LogP contribution is -2.19. The smallest absolute Gasteiger partial charge is 0.00430 e. The Balaban J connectivity index is 2.08. The van der Waals surface area contributed by atoms with Gasteiger partial charge in [0.1, 0.15) is 0 Å². The fraction of sp³-hybridized carbons (Fsp3) is 0.571. The molecule has 1 aliphatic carbocycles. The highest BCUT2D eigenvalue weighted by atomic mass is 14.6. The summed E-state index contributed by atoms with van der Waals surface area (Å²) in [5.74, 6) is 1.63. The molecule has 0 bridgehead atoms. The van der Waals surface area contributed by atoms with Crippen molar-refractivity contribution >= 4 is 0 Å². The van der Waals surface area contributed by atoms with Crippen molar-refractivity contribution in [3.63, 3.8) is 0 Å². The van der Waals surface area contributed by atoms with Crippen LogP contribution in [0.3, 0.4) is 0 Å². The average Bonchev–Trinajstić information content (AvgIpc) is 3.00. The van der Waals surface area contributed by atoms with Crippen LogP contribution in [0.5, 0.6) is 0 Å². The number of nitrogens with two attached hydrogens (primary N) is 1. The van der Waals surface area contributed by atoms with E-state index in [1.54, 1.807) is 0 Å². The normalized spacial score (nSPS) is 17.8. The van der Waals surface area contributed by atoms with Gasteiger partial charge in [0.25, 0.3) is 0 Å². The zero-order valence-electron chi connectivity index (χ0n) is 9.79. The van der Waals surface area contributed by atoms with Gasteiger partial charge in [-0.2, -0.15) is 0 Å². The van der Waals surface area contributed by atoms with Crippen molar-refractivity contribution in [3.05, 3.63) is 34.9 Å². The van der Waals surface area contributed by atoms with Crippen LogP contribution in [0.2, 0.25) is 0 Å². The molecule has 15 heavy (non-hydrogen) atoms. The molecule has 1 heteroatoms. The molecule has 1 saturated carbocycles. The minimum atomic E-state index is 0.714. The Morgan fingerprint density at radius 3 is 2.60 bits per heavy atom. The van der Waals surface area contributed by atoms with E-state index in [4.69, 9.17) is 5.73 Å². The highest BCUT2D eigenvalue weighted by molar-refractivity contribution is 5.30. The third kappa shape index (κ3) is 2.60. The van der Waals surface area contributed by atoms with E-state index in [9.17, 15) is 0 Å². The molecule has 1 fully saturated rings. The Labute approximate surface area is 92.7 Å². The van der Waals surface area contributed by atoms with Crippen molar-refractivity contribution in [2.24, 2.45) is 17.6 Å². The van der Waals surface area contributed by atoms with Crippen LogP contribution in [-0.2, 0) is 6.42 Å². The zero-order valence-corrected chi connectivity index (χ0v) is 9.79. The Bertz CT molecular complexity index is 339. The minimum Gasteiger partial charge on any atom is -0.330 e. The second-order valence-corrected chi connectivity index (χ2v) is 4.97. The molecule has 1 nitrogen and oxygen atoms in total. The van der Waals surface area contributed by atoms with Gasteiger partial charge >= 0.3 is 0 Å². The van der Waals surface area contributed by atoms with Crippen LogP contribution in [0.15, 0.2) is 18.2 Å². The van der Waals surface area contributed by atoms with Crippen molar-refractivity contribution in [2.75, 3.05) is 6.54 Å². The van der Waals surface area contributed by atoms with Crippen LogP contribution >= 0.6 is 0 Å². The first-order valence-corrected chi connectivity index (χ1v) is 5.97. The van der Waals surface area contributed by atoms with Gasteiger partial charge in [-0.05, 0) is 62.6 Å². The van der Waals surface area contributed by atoms with Crippen molar-refractivity contribution in [1.29, 1.82) is 0 Å². The summed E-state index contributed by atoms with van der Waals surface area (Å²) in [6, 6.07) is 6.76. The average molecular weight is 203 g/mol. The first-order chi connectivity index (χ1) is 7.20. The monoisotopic (exact) mass is 203 g/mol. The van der Waals surface area contributed by atoms with Crippen molar-refractivity contribution in [3.8, 4) is 0 Å². The lowest BCUT2D eigenvalue weighted by atomic mass is 9.92. The van der Waals surface area contributed by atoms with Gasteiger partial charge in [-0.25, -0.2) is 0 Å². The van der Waals surface area contributed by atoms with Crippen LogP contribution in [0.1, 0.15) is 29.5 Å². The summed E-state index contributed by atoms with van der Waals surface area (Å²) in [4.78, 5) is 0. The Morgan fingerprint density at radius 2 is 2.07 bits per heavy atom. The van der Waals surface area contributed by atoms with Crippen molar-refractivity contribution in [2.45, 2.75) is 33.1 Å². The second kappa shape index (κ2) is 4.36. The van der Waals surface area contributed by atoms with Gasteiger partial charge in [-0.3, -0.25) is 0 Å². The first kappa shape index (κ1) is 10.7. The summed E-state index contributed by atoms with van der Waals surface area (Å²) >= 11 is 0. The van der Waals surface area contributed by atoms with Crippen LogP contribution in [-0.4, -0.2) is 6.54 Å². The minimum absolute atomic E-state index is 0.714. The van der Waals surface area contributed by atoms with E-state index in [1.807, 2.05) is 0 Å². The fourth-order valence-corrected chi connectivity index (χ4v) is 2.37. The van der Waals surface area contributed by atoms with E-state index < -0.39 is 0 Å². The molecule has 0 aliphatic heterocycles. The molecule has 0 spiro atoms. The molecular weight excluding hydrogens is 182 g/mol. The van der Waals surface area contributed by atoms with E-state index in [-0.39, 0.29) is 0 Å². The Morgan fingerprint density at radius 1 is 1.33 bits per heavy atom. The summed E-state index contributed by atoms with van der Waals surface area (Å²) in [5.41, 5.74) is 10.1. The lowest BCUT2D eigenvalue weighted by molar-refractivity contribution is 0.470. The van der Waals surface area contributed by atoms with E-state index >= 15 is 0 Å². The van der Waals surface area contributed by atoms with Gasteiger partial charge in [0.05, 0.1) is 0 Å². The quantitative estimate of drug-likeness (QED) is 0.800. The van der Waals surface area contributed by atoms with Crippen LogP contribution in [0, 0.1) is 25.7 Å². The maximum absolute atomic E-state index is 5.84. The topological polar surface area (TPSA) is 26.0 Å². The van der Waals surface area contributed by atoms with Crippen molar-refractivity contribution < 1.29 is 0 Å². The Kier molecular flexibility index (Phi) is 3.11. The molecule has 2 rings (SSSR count). The second-order valence-electron chi connectivity index (χ2n) is 4.97. The predicted octanol–water partition coefficient (Wildman–Crippen LogP) is 2.83. The van der Waals surface area contributed by atoms with E-state index in [0.717, 1.165) is 12.5 Å². The largest absolute Gasteiger partial charge is 0.330 e. The molecule has 1 atom stereocenters. The fourth-order valence-electron chi connectivity index (χ4n) is 2.37.